The Bertz CT molecular complexity index is 97.6. The highest BCUT2D eigenvalue weighted by atomic mass is 16.3. The molecule has 0 saturated carbocycles. The standard InChI is InChI=1S/C7H16N2O/c8-7-2-4-9(6-7)3-1-5-10/h7,10H,1-6,8H2. The molecule has 0 amide bonds. The second-order valence-corrected chi connectivity index (χ2v) is 2.93. The van der Waals surface area contributed by atoms with Crippen LogP contribution in [0.15, 0.2) is 0 Å². The van der Waals surface area contributed by atoms with Crippen LogP contribution in [0, 0.1) is 0 Å². The van der Waals surface area contributed by atoms with Crippen molar-refractivity contribution in [3.63, 3.8) is 0 Å². The van der Waals surface area contributed by atoms with Crippen LogP contribution in [-0.4, -0.2) is 42.3 Å². The lowest BCUT2D eigenvalue weighted by atomic mass is 10.3. The summed E-state index contributed by atoms with van der Waals surface area (Å²) in [5.74, 6) is 0. The summed E-state index contributed by atoms with van der Waals surface area (Å²) in [5.41, 5.74) is 5.69. The van der Waals surface area contributed by atoms with Crippen LogP contribution < -0.4 is 5.73 Å². The Morgan fingerprint density at radius 3 is 2.90 bits per heavy atom. The topological polar surface area (TPSA) is 49.5 Å². The van der Waals surface area contributed by atoms with E-state index in [2.05, 4.69) is 4.90 Å². The molecule has 3 nitrogen and oxygen atoms in total. The molecule has 1 aliphatic rings. The van der Waals surface area contributed by atoms with Crippen LogP contribution in [0.25, 0.3) is 0 Å². The zero-order valence-corrected chi connectivity index (χ0v) is 6.29. The molecule has 0 aromatic rings. The van der Waals surface area contributed by atoms with Crippen molar-refractivity contribution in [3.8, 4) is 0 Å². The molecule has 0 spiro atoms. The number of nitrogens with two attached hydrogens (primary N) is 1. The number of hydrogen-bond acceptors (Lipinski definition) is 3. The number of aliphatic hydroxyl groups is 1. The van der Waals surface area contributed by atoms with Gasteiger partial charge < -0.3 is 15.7 Å². The van der Waals surface area contributed by atoms with E-state index < -0.39 is 0 Å². The quantitative estimate of drug-likeness (QED) is 0.556. The Morgan fingerprint density at radius 1 is 1.60 bits per heavy atom. The average Bonchev–Trinajstić information content (AvgIpc) is 2.31. The van der Waals surface area contributed by atoms with Crippen LogP contribution in [0.2, 0.25) is 0 Å². The molecule has 1 unspecified atom stereocenters. The van der Waals surface area contributed by atoms with Crippen LogP contribution in [0.1, 0.15) is 12.8 Å². The lowest BCUT2D eigenvalue weighted by molar-refractivity contribution is 0.247. The summed E-state index contributed by atoms with van der Waals surface area (Å²) in [6.45, 7) is 3.43. The van der Waals surface area contributed by atoms with Gasteiger partial charge in [0.2, 0.25) is 0 Å². The highest BCUT2D eigenvalue weighted by Gasteiger charge is 2.17. The van der Waals surface area contributed by atoms with E-state index in [-0.39, 0.29) is 0 Å². The van der Waals surface area contributed by atoms with Crippen molar-refractivity contribution in [1.29, 1.82) is 0 Å². The maximum absolute atomic E-state index is 8.53. The van der Waals surface area contributed by atoms with Gasteiger partial charge >= 0.3 is 0 Å². The Hall–Kier alpha value is -0.120. The minimum atomic E-state index is 0.297. The molecule has 0 bridgehead atoms. The molecular weight excluding hydrogens is 128 g/mol. The molecule has 10 heavy (non-hydrogen) atoms. The number of hydrogen-bond donors (Lipinski definition) is 2. The van der Waals surface area contributed by atoms with Gasteiger partial charge in [0, 0.05) is 25.7 Å². The fourth-order valence-electron chi connectivity index (χ4n) is 1.36. The first-order valence-electron chi connectivity index (χ1n) is 3.91. The van der Waals surface area contributed by atoms with Gasteiger partial charge in [0.1, 0.15) is 0 Å². The van der Waals surface area contributed by atoms with Crippen LogP contribution in [0.3, 0.4) is 0 Å². The van der Waals surface area contributed by atoms with Crippen molar-refractivity contribution in [3.05, 3.63) is 0 Å². The molecular formula is C7H16N2O. The molecule has 1 aliphatic heterocycles. The predicted octanol–water partition coefficient (Wildman–Crippen LogP) is -0.598. The third-order valence-electron chi connectivity index (χ3n) is 1.94. The zero-order chi connectivity index (χ0) is 7.40. The smallest absolute Gasteiger partial charge is 0.0443 e. The summed E-state index contributed by atoms with van der Waals surface area (Å²) in [7, 11) is 0. The summed E-state index contributed by atoms with van der Waals surface area (Å²) in [6.07, 6.45) is 2.00. The van der Waals surface area contributed by atoms with E-state index in [0.717, 1.165) is 32.5 Å². The molecule has 3 N–H and O–H groups in total. The summed E-state index contributed by atoms with van der Waals surface area (Å²) < 4.78 is 0. The van der Waals surface area contributed by atoms with Crippen molar-refractivity contribution in [1.82, 2.24) is 4.90 Å². The van der Waals surface area contributed by atoms with E-state index in [1.54, 1.807) is 0 Å². The molecule has 1 atom stereocenters. The van der Waals surface area contributed by atoms with Crippen molar-refractivity contribution in [2.75, 3.05) is 26.2 Å². The van der Waals surface area contributed by atoms with Gasteiger partial charge in [-0.25, -0.2) is 0 Å². The second-order valence-electron chi connectivity index (χ2n) is 2.93. The summed E-state index contributed by atoms with van der Waals surface area (Å²) in [5, 5.41) is 8.53. The Balaban J connectivity index is 2.06. The average molecular weight is 144 g/mol. The van der Waals surface area contributed by atoms with Crippen LogP contribution in [-0.2, 0) is 0 Å². The third kappa shape index (κ3) is 2.25. The first-order valence-corrected chi connectivity index (χ1v) is 3.91. The van der Waals surface area contributed by atoms with E-state index in [0.29, 0.717) is 12.6 Å². The summed E-state index contributed by atoms with van der Waals surface area (Å²) >= 11 is 0. The van der Waals surface area contributed by atoms with Gasteiger partial charge in [0.05, 0.1) is 0 Å². The SMILES string of the molecule is NC1CCN(CCCO)C1. The molecule has 3 heteroatoms. The van der Waals surface area contributed by atoms with E-state index in [1.807, 2.05) is 0 Å². The zero-order valence-electron chi connectivity index (χ0n) is 6.29. The van der Waals surface area contributed by atoms with Gasteiger partial charge in [0.15, 0.2) is 0 Å². The molecule has 1 heterocycles. The minimum absolute atomic E-state index is 0.297. The molecule has 0 aromatic carbocycles. The van der Waals surface area contributed by atoms with Gasteiger partial charge in [-0.1, -0.05) is 0 Å². The third-order valence-corrected chi connectivity index (χ3v) is 1.94. The van der Waals surface area contributed by atoms with Crippen molar-refractivity contribution in [2.45, 2.75) is 18.9 Å². The Labute approximate surface area is 61.8 Å². The monoisotopic (exact) mass is 144 g/mol. The van der Waals surface area contributed by atoms with E-state index in [1.165, 1.54) is 0 Å². The molecule has 0 aliphatic carbocycles. The largest absolute Gasteiger partial charge is 0.396 e. The van der Waals surface area contributed by atoms with Crippen molar-refractivity contribution in [2.24, 2.45) is 5.73 Å². The first kappa shape index (κ1) is 7.98. The Morgan fingerprint density at radius 2 is 2.40 bits per heavy atom. The van der Waals surface area contributed by atoms with Gasteiger partial charge in [-0.15, -0.1) is 0 Å². The fourth-order valence-corrected chi connectivity index (χ4v) is 1.36. The van der Waals surface area contributed by atoms with E-state index >= 15 is 0 Å². The minimum Gasteiger partial charge on any atom is -0.396 e. The molecule has 1 rings (SSSR count). The first-order chi connectivity index (χ1) is 4.83. The molecule has 0 aromatic heterocycles. The lowest BCUT2D eigenvalue weighted by Gasteiger charge is -2.13. The van der Waals surface area contributed by atoms with Crippen LogP contribution in [0.5, 0.6) is 0 Å². The van der Waals surface area contributed by atoms with Crippen molar-refractivity contribution < 1.29 is 5.11 Å². The fraction of sp³-hybridized carbons (Fsp3) is 1.00. The molecule has 0 radical (unpaired) electrons. The van der Waals surface area contributed by atoms with E-state index in [9.17, 15) is 0 Å². The van der Waals surface area contributed by atoms with Crippen LogP contribution >= 0.6 is 0 Å². The number of likely N-dealkylation sites (tertiary alicyclic amines) is 1. The highest BCUT2D eigenvalue weighted by Crippen LogP contribution is 2.06. The number of rotatable bonds is 3. The maximum atomic E-state index is 8.53. The predicted molar refractivity (Wildman–Crippen MR) is 40.7 cm³/mol. The van der Waals surface area contributed by atoms with Gasteiger partial charge in [-0.3, -0.25) is 0 Å². The highest BCUT2D eigenvalue weighted by molar-refractivity contribution is 4.77. The van der Waals surface area contributed by atoms with E-state index in [4.69, 9.17) is 10.8 Å². The summed E-state index contributed by atoms with van der Waals surface area (Å²) in [6, 6.07) is 0.374. The maximum Gasteiger partial charge on any atom is 0.0443 e. The van der Waals surface area contributed by atoms with Gasteiger partial charge in [-0.2, -0.15) is 0 Å². The van der Waals surface area contributed by atoms with Crippen molar-refractivity contribution >= 4 is 0 Å². The molecule has 1 fully saturated rings. The summed E-state index contributed by atoms with van der Waals surface area (Å²) in [4.78, 5) is 2.31. The normalized spacial score (nSPS) is 27.6. The Kier molecular flexibility index (Phi) is 3.12. The second kappa shape index (κ2) is 3.91. The lowest BCUT2D eigenvalue weighted by Crippen LogP contribution is -2.27. The van der Waals surface area contributed by atoms with Gasteiger partial charge in [-0.05, 0) is 19.4 Å². The number of aliphatic hydroxyl groups excluding tert-OH is 1. The molecule has 60 valence electrons. The number of nitrogens with zero attached hydrogens (tertiary/aromatic N) is 1. The van der Waals surface area contributed by atoms with Gasteiger partial charge in [0.25, 0.3) is 0 Å². The van der Waals surface area contributed by atoms with Crippen LogP contribution in [0.4, 0.5) is 0 Å². The molecule has 1 saturated heterocycles.